The van der Waals surface area contributed by atoms with Crippen molar-refractivity contribution in [3.05, 3.63) is 71.8 Å². The Balaban J connectivity index is 1.41. The molecule has 10 nitrogen and oxygen atoms in total. The lowest BCUT2D eigenvalue weighted by Crippen LogP contribution is -2.40. The highest BCUT2D eigenvalue weighted by atomic mass is 19.1. The van der Waals surface area contributed by atoms with E-state index in [0.29, 0.717) is 41.0 Å². The zero-order valence-electron chi connectivity index (χ0n) is 16.8. The van der Waals surface area contributed by atoms with Gasteiger partial charge in [0.25, 0.3) is 5.89 Å². The topological polar surface area (TPSA) is 119 Å². The molecule has 6 rings (SSSR count). The molecule has 0 aliphatic carbocycles. The fourth-order valence-corrected chi connectivity index (χ4v) is 4.04. The number of nitrogens with zero attached hydrogens (tertiary/aromatic N) is 6. The maximum Gasteiger partial charge on any atom is 0.312 e. The molecule has 0 fully saturated rings. The van der Waals surface area contributed by atoms with Crippen molar-refractivity contribution in [2.24, 2.45) is 7.05 Å². The monoisotopic (exact) mass is 433 g/mol. The molecule has 1 N–H and O–H groups in total. The molecule has 0 radical (unpaired) electrons. The van der Waals surface area contributed by atoms with Gasteiger partial charge in [-0.2, -0.15) is 5.10 Å². The van der Waals surface area contributed by atoms with E-state index in [2.05, 4.69) is 25.3 Å². The standard InChI is InChI=1S/C21H16FN7O3/c1-28-9-11(8-25-28)19-26-27-20(32-19)21(30)29-6-5-14-17(24-10-23-14)18(29)16-7-12-13(22)3-2-4-15(12)31-16/h2-4,7-10,18H,5-6H2,1H3,(H,23,24)/t18-/m1/s1. The van der Waals surface area contributed by atoms with E-state index in [1.54, 1.807) is 53.5 Å². The van der Waals surface area contributed by atoms with Crippen molar-refractivity contribution >= 4 is 16.9 Å². The Morgan fingerprint density at radius 2 is 2.19 bits per heavy atom. The van der Waals surface area contributed by atoms with Crippen LogP contribution in [-0.2, 0) is 13.5 Å². The lowest BCUT2D eigenvalue weighted by molar-refractivity contribution is 0.0632. The summed E-state index contributed by atoms with van der Waals surface area (Å²) in [4.78, 5) is 22.5. The van der Waals surface area contributed by atoms with Crippen LogP contribution in [0.4, 0.5) is 4.39 Å². The third-order valence-electron chi connectivity index (χ3n) is 5.54. The first kappa shape index (κ1) is 18.5. The number of hydrogen-bond acceptors (Lipinski definition) is 7. The Hall–Kier alpha value is -4.28. The molecule has 5 heterocycles. The number of H-pyrrole nitrogens is 1. The molecule has 1 aromatic carbocycles. The molecule has 0 saturated heterocycles. The fourth-order valence-electron chi connectivity index (χ4n) is 4.04. The molecular formula is C21H16FN7O3. The number of carbonyl (C=O) groups is 1. The minimum atomic E-state index is -0.668. The van der Waals surface area contributed by atoms with Crippen molar-refractivity contribution in [1.29, 1.82) is 0 Å². The zero-order valence-corrected chi connectivity index (χ0v) is 16.8. The molecule has 11 heteroatoms. The van der Waals surface area contributed by atoms with Gasteiger partial charge in [-0.3, -0.25) is 9.48 Å². The smallest absolute Gasteiger partial charge is 0.312 e. The number of amides is 1. The van der Waals surface area contributed by atoms with Crippen LogP contribution < -0.4 is 0 Å². The normalized spacial score (nSPS) is 15.9. The van der Waals surface area contributed by atoms with Gasteiger partial charge >= 0.3 is 11.8 Å². The van der Waals surface area contributed by atoms with Crippen LogP contribution in [0.1, 0.15) is 33.9 Å². The second kappa shape index (κ2) is 6.87. The maximum absolute atomic E-state index is 14.3. The Labute approximate surface area is 179 Å². The summed E-state index contributed by atoms with van der Waals surface area (Å²) < 4.78 is 27.5. The number of halogens is 1. The van der Waals surface area contributed by atoms with Crippen LogP contribution >= 0.6 is 0 Å². The van der Waals surface area contributed by atoms with E-state index in [-0.39, 0.29) is 11.8 Å². The lowest BCUT2D eigenvalue weighted by Gasteiger charge is -2.32. The highest BCUT2D eigenvalue weighted by Crippen LogP contribution is 2.37. The molecule has 0 unspecified atom stereocenters. The number of furan rings is 1. The molecule has 0 saturated carbocycles. The number of rotatable bonds is 3. The van der Waals surface area contributed by atoms with E-state index in [9.17, 15) is 9.18 Å². The number of imidazole rings is 1. The van der Waals surface area contributed by atoms with Gasteiger partial charge in [0.2, 0.25) is 0 Å². The summed E-state index contributed by atoms with van der Waals surface area (Å²) in [7, 11) is 1.77. The van der Waals surface area contributed by atoms with Gasteiger partial charge in [0.05, 0.1) is 29.2 Å². The third-order valence-corrected chi connectivity index (χ3v) is 5.54. The van der Waals surface area contributed by atoms with Gasteiger partial charge in [-0.05, 0) is 18.2 Å². The van der Waals surface area contributed by atoms with Crippen LogP contribution in [0.5, 0.6) is 0 Å². The molecule has 32 heavy (non-hydrogen) atoms. The van der Waals surface area contributed by atoms with Crippen molar-refractivity contribution in [1.82, 2.24) is 34.8 Å². The summed E-state index contributed by atoms with van der Waals surface area (Å²) in [5.41, 5.74) is 2.53. The second-order valence-electron chi connectivity index (χ2n) is 7.53. The number of hydrogen-bond donors (Lipinski definition) is 1. The fraction of sp³-hybridized carbons (Fsp3) is 0.190. The largest absolute Gasteiger partial charge is 0.458 e. The van der Waals surface area contributed by atoms with Crippen LogP contribution in [0.2, 0.25) is 0 Å². The Kier molecular flexibility index (Phi) is 3.97. The van der Waals surface area contributed by atoms with E-state index < -0.39 is 17.8 Å². The molecular weight excluding hydrogens is 417 g/mol. The van der Waals surface area contributed by atoms with Crippen molar-refractivity contribution in [3.63, 3.8) is 0 Å². The average molecular weight is 433 g/mol. The lowest BCUT2D eigenvalue weighted by atomic mass is 10.00. The Morgan fingerprint density at radius 3 is 3.00 bits per heavy atom. The van der Waals surface area contributed by atoms with Crippen molar-refractivity contribution in [2.45, 2.75) is 12.5 Å². The van der Waals surface area contributed by atoms with Gasteiger partial charge in [0.1, 0.15) is 23.2 Å². The number of aromatic nitrogens is 6. The van der Waals surface area contributed by atoms with Crippen molar-refractivity contribution in [2.75, 3.05) is 6.54 Å². The first-order valence-corrected chi connectivity index (χ1v) is 9.92. The number of fused-ring (bicyclic) bond motifs is 2. The van der Waals surface area contributed by atoms with E-state index in [4.69, 9.17) is 8.83 Å². The summed E-state index contributed by atoms with van der Waals surface area (Å²) in [6.45, 7) is 0.364. The van der Waals surface area contributed by atoms with Gasteiger partial charge in [-0.25, -0.2) is 9.37 Å². The molecule has 160 valence electrons. The number of aromatic amines is 1. The molecule has 0 bridgehead atoms. The number of nitrogens with one attached hydrogen (secondary N) is 1. The van der Waals surface area contributed by atoms with Crippen LogP contribution in [0, 0.1) is 5.82 Å². The molecule has 5 aromatic rings. The first-order chi connectivity index (χ1) is 15.6. The third kappa shape index (κ3) is 2.82. The van der Waals surface area contributed by atoms with Crippen LogP contribution in [-0.4, -0.2) is 47.3 Å². The van der Waals surface area contributed by atoms with Crippen LogP contribution in [0.3, 0.4) is 0 Å². The summed E-state index contributed by atoms with van der Waals surface area (Å²) in [6.07, 6.45) is 5.42. The molecule has 1 atom stereocenters. The van der Waals surface area contributed by atoms with Crippen molar-refractivity contribution < 1.29 is 18.0 Å². The van der Waals surface area contributed by atoms with E-state index in [1.165, 1.54) is 6.07 Å². The predicted molar refractivity (Wildman–Crippen MR) is 108 cm³/mol. The van der Waals surface area contributed by atoms with E-state index in [0.717, 1.165) is 5.69 Å². The summed E-state index contributed by atoms with van der Waals surface area (Å²) in [5, 5.41) is 12.3. The number of carbonyl (C=O) groups excluding carboxylic acids is 1. The highest BCUT2D eigenvalue weighted by molar-refractivity contribution is 5.90. The number of benzene rings is 1. The molecule has 1 aliphatic rings. The summed E-state index contributed by atoms with van der Waals surface area (Å²) in [5.74, 6) is -0.423. The van der Waals surface area contributed by atoms with Gasteiger partial charge in [0.15, 0.2) is 0 Å². The molecule has 0 spiro atoms. The quantitative estimate of drug-likeness (QED) is 0.465. The highest BCUT2D eigenvalue weighted by Gasteiger charge is 2.38. The van der Waals surface area contributed by atoms with Crippen molar-refractivity contribution in [3.8, 4) is 11.5 Å². The van der Waals surface area contributed by atoms with Gasteiger partial charge < -0.3 is 18.7 Å². The molecule has 4 aromatic heterocycles. The average Bonchev–Trinajstić information content (AvgIpc) is 3.57. The van der Waals surface area contributed by atoms with E-state index >= 15 is 0 Å². The molecule has 1 aliphatic heterocycles. The number of aryl methyl sites for hydroxylation is 1. The SMILES string of the molecule is Cn1cc(-c2nnc(C(=O)N3CCc4[nH]cnc4[C@H]3c3cc4c(F)cccc4o3)o2)cn1. The van der Waals surface area contributed by atoms with Gasteiger partial charge in [0, 0.05) is 31.9 Å². The van der Waals surface area contributed by atoms with Gasteiger partial charge in [-0.15, -0.1) is 10.2 Å². The Bertz CT molecular complexity index is 1460. The summed E-state index contributed by atoms with van der Waals surface area (Å²) >= 11 is 0. The van der Waals surface area contributed by atoms with Gasteiger partial charge in [-0.1, -0.05) is 6.07 Å². The minimum Gasteiger partial charge on any atom is -0.458 e. The van der Waals surface area contributed by atoms with Crippen LogP contribution in [0.15, 0.2) is 51.8 Å². The Morgan fingerprint density at radius 1 is 1.28 bits per heavy atom. The molecule has 1 amide bonds. The second-order valence-corrected chi connectivity index (χ2v) is 7.53. The predicted octanol–water partition coefficient (Wildman–Crippen LogP) is 2.87. The summed E-state index contributed by atoms with van der Waals surface area (Å²) in [6, 6.07) is 5.56. The zero-order chi connectivity index (χ0) is 21.8. The minimum absolute atomic E-state index is 0.157. The van der Waals surface area contributed by atoms with Crippen LogP contribution in [0.25, 0.3) is 22.4 Å². The van der Waals surface area contributed by atoms with E-state index in [1.807, 2.05) is 0 Å². The maximum atomic E-state index is 14.3. The first-order valence-electron chi connectivity index (χ1n) is 9.92.